The van der Waals surface area contributed by atoms with Gasteiger partial charge in [-0.05, 0) is 65.9 Å². The van der Waals surface area contributed by atoms with Gasteiger partial charge in [-0.15, -0.1) is 0 Å². The Morgan fingerprint density at radius 3 is 1.05 bits per heavy atom. The molecule has 0 amide bonds. The van der Waals surface area contributed by atoms with E-state index in [4.69, 9.17) is 9.47 Å². The van der Waals surface area contributed by atoms with E-state index >= 15 is 0 Å². The zero-order chi connectivity index (χ0) is 30.5. The van der Waals surface area contributed by atoms with Crippen molar-refractivity contribution in [1.29, 1.82) is 10.5 Å². The van der Waals surface area contributed by atoms with Crippen molar-refractivity contribution in [2.75, 3.05) is 9.80 Å². The molecular weight excluding hydrogens is 544 g/mol. The Bertz CT molecular complexity index is 1810. The smallest absolute Gasteiger partial charge is 0.151 e. The first-order valence-electron chi connectivity index (χ1n) is 14.8. The van der Waals surface area contributed by atoms with Crippen molar-refractivity contribution < 1.29 is 9.47 Å². The Hall–Kier alpha value is -5.72. The van der Waals surface area contributed by atoms with Crippen LogP contribution in [0.15, 0.2) is 97.1 Å². The molecule has 0 aromatic heterocycles. The van der Waals surface area contributed by atoms with Gasteiger partial charge in [0.15, 0.2) is 23.0 Å². The third kappa shape index (κ3) is 4.00. The summed E-state index contributed by atoms with van der Waals surface area (Å²) in [6.45, 7) is 8.33. The van der Waals surface area contributed by atoms with Gasteiger partial charge in [-0.25, -0.2) is 0 Å². The molecule has 6 heteroatoms. The third-order valence-electron chi connectivity index (χ3n) is 8.21. The lowest BCUT2D eigenvalue weighted by Crippen LogP contribution is -2.25. The second-order valence-corrected chi connectivity index (χ2v) is 11.6. The van der Waals surface area contributed by atoms with Crippen molar-refractivity contribution in [3.05, 3.63) is 119 Å². The fourth-order valence-corrected chi connectivity index (χ4v) is 6.47. The summed E-state index contributed by atoms with van der Waals surface area (Å²) in [6, 6.07) is 36.7. The molecule has 0 aliphatic carbocycles. The second-order valence-electron chi connectivity index (χ2n) is 11.6. The summed E-state index contributed by atoms with van der Waals surface area (Å²) >= 11 is 0. The highest BCUT2D eigenvalue weighted by Crippen LogP contribution is 2.59. The normalized spacial score (nSPS) is 12.7. The van der Waals surface area contributed by atoms with E-state index in [1.54, 1.807) is 0 Å². The van der Waals surface area contributed by atoms with Gasteiger partial charge in [0.05, 0.1) is 45.3 Å². The molecule has 2 heterocycles. The molecule has 0 atom stereocenters. The molecular formula is C38H30N4O2. The zero-order valence-corrected chi connectivity index (χ0v) is 25.0. The molecule has 0 saturated heterocycles. The highest BCUT2D eigenvalue weighted by Gasteiger charge is 2.38. The van der Waals surface area contributed by atoms with Gasteiger partial charge in [0.25, 0.3) is 0 Å². The van der Waals surface area contributed by atoms with Gasteiger partial charge in [0.2, 0.25) is 0 Å². The van der Waals surface area contributed by atoms with E-state index < -0.39 is 0 Å². The van der Waals surface area contributed by atoms with Crippen LogP contribution >= 0.6 is 0 Å². The predicted molar refractivity (Wildman–Crippen MR) is 174 cm³/mol. The van der Waals surface area contributed by atoms with Crippen LogP contribution in [0.3, 0.4) is 0 Å². The van der Waals surface area contributed by atoms with Crippen LogP contribution in [0.2, 0.25) is 0 Å². The van der Waals surface area contributed by atoms with E-state index in [-0.39, 0.29) is 11.8 Å². The maximum absolute atomic E-state index is 11.0. The molecule has 5 aromatic carbocycles. The minimum absolute atomic E-state index is 0.0789. The third-order valence-corrected chi connectivity index (χ3v) is 8.21. The topological polar surface area (TPSA) is 72.5 Å². The van der Waals surface area contributed by atoms with E-state index in [0.717, 1.165) is 39.7 Å². The van der Waals surface area contributed by atoms with Crippen molar-refractivity contribution in [1.82, 2.24) is 0 Å². The standard InChI is InChI=1S/C38H30N4O2/c1-23(2)35-25(21-39)37(41-27-13-5-9-17-31(27)43-32-18-10-6-14-28(32)41)36(24(3)4)38(26(35)22-40)42-29-15-7-11-19-33(29)44-34-20-12-8-16-30(34)42/h5-20,23-24H,1-4H3. The van der Waals surface area contributed by atoms with Crippen LogP contribution in [0, 0.1) is 22.7 Å². The summed E-state index contributed by atoms with van der Waals surface area (Å²) in [5, 5.41) is 21.9. The minimum Gasteiger partial charge on any atom is -0.453 e. The number of rotatable bonds is 4. The Labute approximate surface area is 257 Å². The Morgan fingerprint density at radius 1 is 0.477 bits per heavy atom. The van der Waals surface area contributed by atoms with E-state index in [9.17, 15) is 10.5 Å². The van der Waals surface area contributed by atoms with E-state index in [2.05, 4.69) is 35.8 Å². The van der Waals surface area contributed by atoms with Crippen LogP contribution in [-0.4, -0.2) is 0 Å². The van der Waals surface area contributed by atoms with Gasteiger partial charge in [-0.2, -0.15) is 10.5 Å². The molecule has 214 valence electrons. The molecule has 0 unspecified atom stereocenters. The van der Waals surface area contributed by atoms with Gasteiger partial charge in [0, 0.05) is 5.56 Å². The molecule has 0 fully saturated rings. The fourth-order valence-electron chi connectivity index (χ4n) is 6.47. The average Bonchev–Trinajstić information content (AvgIpc) is 3.04. The molecule has 5 aromatic rings. The summed E-state index contributed by atoms with van der Waals surface area (Å²) in [7, 11) is 0. The zero-order valence-electron chi connectivity index (χ0n) is 25.0. The quantitative estimate of drug-likeness (QED) is 0.208. The molecule has 0 spiro atoms. The van der Waals surface area contributed by atoms with E-state index in [0.29, 0.717) is 39.7 Å². The molecule has 0 radical (unpaired) electrons. The average molecular weight is 575 g/mol. The van der Waals surface area contributed by atoms with Gasteiger partial charge >= 0.3 is 0 Å². The maximum Gasteiger partial charge on any atom is 0.151 e. The molecule has 2 aliphatic heterocycles. The van der Waals surface area contributed by atoms with Crippen molar-refractivity contribution in [2.24, 2.45) is 0 Å². The van der Waals surface area contributed by atoms with Gasteiger partial charge < -0.3 is 19.3 Å². The Kier molecular flexibility index (Phi) is 6.49. The Morgan fingerprint density at radius 2 is 0.773 bits per heavy atom. The van der Waals surface area contributed by atoms with Crippen LogP contribution in [0.5, 0.6) is 23.0 Å². The SMILES string of the molecule is CC(C)c1c(C#N)c(N2c3ccccc3Oc3ccccc32)c(C(C)C)c(N2c3ccccc3Oc3ccccc32)c1C#N. The fraction of sp³-hybridized carbons (Fsp3) is 0.158. The first-order valence-corrected chi connectivity index (χ1v) is 14.8. The lowest BCUT2D eigenvalue weighted by molar-refractivity contribution is 0.476. The van der Waals surface area contributed by atoms with Crippen LogP contribution in [-0.2, 0) is 0 Å². The number of ether oxygens (including phenoxy) is 2. The van der Waals surface area contributed by atoms with Gasteiger partial charge in [-0.3, -0.25) is 0 Å². The van der Waals surface area contributed by atoms with Crippen LogP contribution in [0.4, 0.5) is 34.1 Å². The van der Waals surface area contributed by atoms with Crippen LogP contribution in [0.25, 0.3) is 0 Å². The highest BCUT2D eigenvalue weighted by molar-refractivity contribution is 5.98. The number of benzene rings is 5. The van der Waals surface area contributed by atoms with Gasteiger partial charge in [-0.1, -0.05) is 76.2 Å². The van der Waals surface area contributed by atoms with Gasteiger partial charge in [0.1, 0.15) is 12.1 Å². The molecule has 6 nitrogen and oxygen atoms in total. The summed E-state index contributed by atoms with van der Waals surface area (Å²) < 4.78 is 12.7. The van der Waals surface area contributed by atoms with Crippen molar-refractivity contribution in [2.45, 2.75) is 39.5 Å². The largest absolute Gasteiger partial charge is 0.453 e. The minimum atomic E-state index is -0.115. The van der Waals surface area contributed by atoms with Crippen molar-refractivity contribution in [3.63, 3.8) is 0 Å². The highest BCUT2D eigenvalue weighted by atomic mass is 16.5. The summed E-state index contributed by atoms with van der Waals surface area (Å²) in [4.78, 5) is 4.30. The molecule has 2 aliphatic rings. The number of hydrogen-bond donors (Lipinski definition) is 0. The van der Waals surface area contributed by atoms with Crippen LogP contribution < -0.4 is 19.3 Å². The summed E-state index contributed by atoms with van der Waals surface area (Å²) in [6.07, 6.45) is 0. The number of nitrogens with zero attached hydrogens (tertiary/aromatic N) is 4. The first kappa shape index (κ1) is 27.1. The number of fused-ring (bicyclic) bond motifs is 4. The molecule has 44 heavy (non-hydrogen) atoms. The summed E-state index contributed by atoms with van der Waals surface area (Å²) in [5.41, 5.74) is 7.42. The lowest BCUT2D eigenvalue weighted by atomic mass is 9.82. The van der Waals surface area contributed by atoms with Crippen molar-refractivity contribution >= 4 is 34.1 Å². The lowest BCUT2D eigenvalue weighted by Gasteiger charge is -2.40. The van der Waals surface area contributed by atoms with Crippen molar-refractivity contribution in [3.8, 4) is 35.1 Å². The predicted octanol–water partition coefficient (Wildman–Crippen LogP) is 10.8. The maximum atomic E-state index is 11.0. The van der Waals surface area contributed by atoms with E-state index in [1.807, 2.05) is 111 Å². The molecule has 7 rings (SSSR count). The number of hydrogen-bond acceptors (Lipinski definition) is 6. The van der Waals surface area contributed by atoms with Crippen LogP contribution in [0.1, 0.15) is 61.8 Å². The summed E-state index contributed by atoms with van der Waals surface area (Å²) in [5.74, 6) is 2.60. The monoisotopic (exact) mass is 574 g/mol. The molecule has 0 bridgehead atoms. The number of nitriles is 2. The van der Waals surface area contributed by atoms with E-state index in [1.165, 1.54) is 0 Å². The number of para-hydroxylation sites is 8. The first-order chi connectivity index (χ1) is 21.4. The number of anilines is 6. The second kappa shape index (κ2) is 10.5. The Balaban J connectivity index is 1.69. The molecule has 0 N–H and O–H groups in total. The molecule has 0 saturated carbocycles.